The average Bonchev–Trinajstić information content (AvgIpc) is 3.24. The van der Waals surface area contributed by atoms with Gasteiger partial charge in [0.2, 0.25) is 0 Å². The van der Waals surface area contributed by atoms with Crippen LogP contribution >= 0.6 is 11.6 Å². The van der Waals surface area contributed by atoms with Crippen LogP contribution in [-0.2, 0) is 11.3 Å². The van der Waals surface area contributed by atoms with E-state index in [1.165, 1.54) is 4.90 Å². The first kappa shape index (κ1) is 22.3. The summed E-state index contributed by atoms with van der Waals surface area (Å²) in [6.45, 7) is 3.52. The molecule has 0 radical (unpaired) electrons. The predicted molar refractivity (Wildman–Crippen MR) is 130 cm³/mol. The van der Waals surface area contributed by atoms with E-state index in [1.54, 1.807) is 14.2 Å². The molecule has 2 aromatic rings. The second-order valence-corrected chi connectivity index (χ2v) is 8.99. The Labute approximate surface area is 203 Å². The SMILES string of the molecule is COc1ccc(N2CCN(C3=NC4C(C(=O)NC(=O)N4C)N3Cc3ccccc3Cl)CC2)cc1. The van der Waals surface area contributed by atoms with Crippen LogP contribution in [0.25, 0.3) is 0 Å². The van der Waals surface area contributed by atoms with E-state index in [2.05, 4.69) is 27.2 Å². The molecular weight excluding hydrogens is 456 g/mol. The standard InChI is InChI=1S/C24H27ClN6O3/c1-28-21-20(22(32)27-24(28)33)31(15-16-5-3-4-6-19(16)25)23(26-21)30-13-11-29(12-14-30)17-7-9-18(34-2)10-8-17/h3-10,20-21H,11-15H2,1-2H3,(H,27,32,33). The van der Waals surface area contributed by atoms with Gasteiger partial charge in [0.15, 0.2) is 18.2 Å². The van der Waals surface area contributed by atoms with Crippen molar-refractivity contribution in [1.29, 1.82) is 0 Å². The number of anilines is 1. The van der Waals surface area contributed by atoms with E-state index < -0.39 is 18.2 Å². The third kappa shape index (κ3) is 4.00. The van der Waals surface area contributed by atoms with Crippen molar-refractivity contribution in [2.45, 2.75) is 18.8 Å². The zero-order valence-electron chi connectivity index (χ0n) is 19.1. The second kappa shape index (κ2) is 9.06. The molecule has 0 spiro atoms. The molecule has 0 bridgehead atoms. The maximum Gasteiger partial charge on any atom is 0.325 e. The highest BCUT2D eigenvalue weighted by Crippen LogP contribution is 2.30. The molecule has 0 aromatic heterocycles. The van der Waals surface area contributed by atoms with E-state index in [4.69, 9.17) is 21.3 Å². The van der Waals surface area contributed by atoms with Gasteiger partial charge in [0.25, 0.3) is 5.91 Å². The van der Waals surface area contributed by atoms with E-state index in [0.29, 0.717) is 11.6 Å². The van der Waals surface area contributed by atoms with Crippen molar-refractivity contribution in [3.8, 4) is 5.75 Å². The first-order chi connectivity index (χ1) is 16.5. The number of imide groups is 1. The Morgan fingerprint density at radius 3 is 2.38 bits per heavy atom. The van der Waals surface area contributed by atoms with Crippen molar-refractivity contribution in [2.24, 2.45) is 4.99 Å². The molecule has 3 amide bonds. The summed E-state index contributed by atoms with van der Waals surface area (Å²) < 4.78 is 5.26. The minimum absolute atomic E-state index is 0.337. The molecule has 2 saturated heterocycles. The van der Waals surface area contributed by atoms with Crippen molar-refractivity contribution in [2.75, 3.05) is 45.2 Å². The van der Waals surface area contributed by atoms with E-state index in [1.807, 2.05) is 41.3 Å². The molecule has 2 aromatic carbocycles. The summed E-state index contributed by atoms with van der Waals surface area (Å²) in [6, 6.07) is 14.6. The molecule has 0 aliphatic carbocycles. The number of carbonyl (C=O) groups is 2. The van der Waals surface area contributed by atoms with Gasteiger partial charge < -0.3 is 24.3 Å². The van der Waals surface area contributed by atoms with Crippen LogP contribution in [0.5, 0.6) is 5.75 Å². The Hall–Kier alpha value is -3.46. The van der Waals surface area contributed by atoms with Gasteiger partial charge in [-0.2, -0.15) is 0 Å². The number of likely N-dealkylation sites (N-methyl/N-ethyl adjacent to an activating group) is 1. The zero-order valence-corrected chi connectivity index (χ0v) is 19.9. The van der Waals surface area contributed by atoms with Crippen molar-refractivity contribution in [3.05, 3.63) is 59.1 Å². The number of nitrogens with zero attached hydrogens (tertiary/aromatic N) is 5. The summed E-state index contributed by atoms with van der Waals surface area (Å²) >= 11 is 6.45. The molecule has 0 saturated carbocycles. The first-order valence-electron chi connectivity index (χ1n) is 11.3. The van der Waals surface area contributed by atoms with Gasteiger partial charge in [-0.3, -0.25) is 10.1 Å². The maximum atomic E-state index is 12.9. The second-order valence-electron chi connectivity index (χ2n) is 8.58. The lowest BCUT2D eigenvalue weighted by molar-refractivity contribution is -0.127. The number of carbonyl (C=O) groups excluding carboxylic acids is 2. The van der Waals surface area contributed by atoms with Gasteiger partial charge in [0.1, 0.15) is 5.75 Å². The fraction of sp³-hybridized carbons (Fsp3) is 0.375. The molecule has 3 aliphatic heterocycles. The fourth-order valence-corrected chi connectivity index (χ4v) is 4.91. The Morgan fingerprint density at radius 1 is 1.03 bits per heavy atom. The molecule has 5 rings (SSSR count). The number of urea groups is 1. The number of methoxy groups -OCH3 is 1. The fourth-order valence-electron chi connectivity index (χ4n) is 4.71. The van der Waals surface area contributed by atoms with Gasteiger partial charge in [-0.25, -0.2) is 9.79 Å². The van der Waals surface area contributed by atoms with Crippen LogP contribution in [0.4, 0.5) is 10.5 Å². The van der Waals surface area contributed by atoms with Gasteiger partial charge in [0.05, 0.1) is 7.11 Å². The summed E-state index contributed by atoms with van der Waals surface area (Å²) in [6.07, 6.45) is -0.571. The molecule has 2 unspecified atom stereocenters. The first-order valence-corrected chi connectivity index (χ1v) is 11.6. The number of benzene rings is 2. The third-order valence-electron chi connectivity index (χ3n) is 6.64. The number of ether oxygens (including phenoxy) is 1. The molecule has 3 heterocycles. The highest BCUT2D eigenvalue weighted by atomic mass is 35.5. The smallest absolute Gasteiger partial charge is 0.325 e. The Kier molecular flexibility index (Phi) is 5.95. The molecule has 34 heavy (non-hydrogen) atoms. The Bertz CT molecular complexity index is 1120. The minimum Gasteiger partial charge on any atom is -0.497 e. The summed E-state index contributed by atoms with van der Waals surface area (Å²) in [5, 5.41) is 3.09. The van der Waals surface area contributed by atoms with Gasteiger partial charge in [-0.15, -0.1) is 0 Å². The molecule has 3 aliphatic rings. The third-order valence-corrected chi connectivity index (χ3v) is 7.01. The van der Waals surface area contributed by atoms with E-state index >= 15 is 0 Å². The predicted octanol–water partition coefficient (Wildman–Crippen LogP) is 2.22. The van der Waals surface area contributed by atoms with Crippen molar-refractivity contribution < 1.29 is 14.3 Å². The molecule has 10 heteroatoms. The Morgan fingerprint density at radius 2 is 1.71 bits per heavy atom. The van der Waals surface area contributed by atoms with Crippen LogP contribution in [0.3, 0.4) is 0 Å². The van der Waals surface area contributed by atoms with Crippen LogP contribution in [0.2, 0.25) is 5.02 Å². The number of hydrogen-bond acceptors (Lipinski definition) is 7. The number of guanidine groups is 1. The van der Waals surface area contributed by atoms with Gasteiger partial charge >= 0.3 is 6.03 Å². The van der Waals surface area contributed by atoms with Gasteiger partial charge in [-0.1, -0.05) is 29.8 Å². The largest absolute Gasteiger partial charge is 0.497 e. The molecule has 178 valence electrons. The molecule has 9 nitrogen and oxygen atoms in total. The summed E-state index contributed by atoms with van der Waals surface area (Å²) in [5.74, 6) is 1.22. The zero-order chi connectivity index (χ0) is 23.8. The number of rotatable bonds is 4. The normalized spacial score (nSPS) is 22.5. The lowest BCUT2D eigenvalue weighted by Crippen LogP contribution is -2.64. The van der Waals surface area contributed by atoms with E-state index in [0.717, 1.165) is 49.1 Å². The number of aliphatic imine (C=N–C) groups is 1. The number of amides is 3. The number of hydrogen-bond donors (Lipinski definition) is 1. The lowest BCUT2D eigenvalue weighted by Gasteiger charge is -2.41. The van der Waals surface area contributed by atoms with Crippen molar-refractivity contribution in [1.82, 2.24) is 20.0 Å². The lowest BCUT2D eigenvalue weighted by atomic mass is 10.1. The van der Waals surface area contributed by atoms with Crippen LogP contribution < -0.4 is 15.0 Å². The van der Waals surface area contributed by atoms with Crippen molar-refractivity contribution >= 4 is 35.2 Å². The molecular formula is C24H27ClN6O3. The van der Waals surface area contributed by atoms with Crippen LogP contribution in [0, 0.1) is 0 Å². The van der Waals surface area contributed by atoms with Crippen LogP contribution in [-0.4, -0.2) is 85.1 Å². The molecule has 2 fully saturated rings. The van der Waals surface area contributed by atoms with Crippen LogP contribution in [0.1, 0.15) is 5.56 Å². The maximum absolute atomic E-state index is 12.9. The Balaban J connectivity index is 1.38. The molecule has 1 N–H and O–H groups in total. The summed E-state index contributed by atoms with van der Waals surface area (Å²) in [4.78, 5) is 38.0. The van der Waals surface area contributed by atoms with Crippen molar-refractivity contribution in [3.63, 3.8) is 0 Å². The average molecular weight is 483 g/mol. The topological polar surface area (TPSA) is 80.7 Å². The number of nitrogens with one attached hydrogen (secondary N) is 1. The van der Waals surface area contributed by atoms with E-state index in [9.17, 15) is 9.59 Å². The van der Waals surface area contributed by atoms with Crippen LogP contribution in [0.15, 0.2) is 53.5 Å². The van der Waals surface area contributed by atoms with Gasteiger partial charge in [0, 0.05) is 50.5 Å². The summed E-state index contributed by atoms with van der Waals surface area (Å²) in [7, 11) is 3.33. The number of halogens is 1. The monoisotopic (exact) mass is 482 g/mol. The van der Waals surface area contributed by atoms with E-state index in [-0.39, 0.29) is 5.91 Å². The quantitative estimate of drug-likeness (QED) is 0.719. The number of piperazine rings is 1. The highest BCUT2D eigenvalue weighted by Gasteiger charge is 2.50. The number of fused-ring (bicyclic) bond motifs is 1. The molecule has 2 atom stereocenters. The highest BCUT2D eigenvalue weighted by molar-refractivity contribution is 6.31. The summed E-state index contributed by atoms with van der Waals surface area (Å²) in [5.41, 5.74) is 2.04. The van der Waals surface area contributed by atoms with Gasteiger partial charge in [-0.05, 0) is 35.9 Å². The minimum atomic E-state index is -0.603.